The highest BCUT2D eigenvalue weighted by atomic mass is 32.1. The van der Waals surface area contributed by atoms with Gasteiger partial charge in [0.1, 0.15) is 5.69 Å². The van der Waals surface area contributed by atoms with Gasteiger partial charge >= 0.3 is 0 Å². The van der Waals surface area contributed by atoms with Crippen molar-refractivity contribution in [1.82, 2.24) is 14.7 Å². The quantitative estimate of drug-likeness (QED) is 0.639. The van der Waals surface area contributed by atoms with Gasteiger partial charge in [0.2, 0.25) is 11.8 Å². The molecular weight excluding hydrogens is 396 g/mol. The van der Waals surface area contributed by atoms with Crippen LogP contribution in [0.1, 0.15) is 25.3 Å². The number of primary amides is 1. The summed E-state index contributed by atoms with van der Waals surface area (Å²) >= 11 is 1.61. The number of thiophene rings is 1. The molecule has 2 aromatic heterocycles. The highest BCUT2D eigenvalue weighted by Gasteiger charge is 2.30. The summed E-state index contributed by atoms with van der Waals surface area (Å²) < 4.78 is 1.83. The van der Waals surface area contributed by atoms with Crippen molar-refractivity contribution >= 4 is 29.2 Å². The van der Waals surface area contributed by atoms with Crippen LogP contribution in [-0.2, 0) is 9.59 Å². The smallest absolute Gasteiger partial charge is 0.246 e. The van der Waals surface area contributed by atoms with Crippen LogP contribution in [0.2, 0.25) is 0 Å². The predicted octanol–water partition coefficient (Wildman–Crippen LogP) is 3.73. The summed E-state index contributed by atoms with van der Waals surface area (Å²) in [6.45, 7) is 2.38. The second kappa shape index (κ2) is 8.67. The first-order chi connectivity index (χ1) is 14.5. The number of piperidine rings is 1. The van der Waals surface area contributed by atoms with E-state index < -0.39 is 0 Å². The Labute approximate surface area is 179 Å². The van der Waals surface area contributed by atoms with Crippen molar-refractivity contribution in [2.75, 3.05) is 6.54 Å². The van der Waals surface area contributed by atoms with Crippen LogP contribution in [0.5, 0.6) is 0 Å². The fraction of sp³-hybridized carbons (Fsp3) is 0.261. The van der Waals surface area contributed by atoms with Crippen molar-refractivity contribution < 1.29 is 9.59 Å². The summed E-state index contributed by atoms with van der Waals surface area (Å²) in [5.41, 5.74) is 8.12. The van der Waals surface area contributed by atoms with Crippen LogP contribution in [0, 0.1) is 5.92 Å². The number of nitrogens with two attached hydrogens (primary N) is 1. The predicted molar refractivity (Wildman–Crippen MR) is 119 cm³/mol. The minimum atomic E-state index is -0.340. The Morgan fingerprint density at radius 3 is 2.67 bits per heavy atom. The first-order valence-corrected chi connectivity index (χ1v) is 10.9. The molecular formula is C23H24N4O2S. The van der Waals surface area contributed by atoms with E-state index in [-0.39, 0.29) is 23.8 Å². The highest BCUT2D eigenvalue weighted by molar-refractivity contribution is 7.13. The molecule has 154 valence electrons. The third kappa shape index (κ3) is 4.21. The maximum Gasteiger partial charge on any atom is 0.246 e. The van der Waals surface area contributed by atoms with Crippen molar-refractivity contribution in [2.45, 2.75) is 25.8 Å². The normalized spacial score (nSPS) is 19.3. The van der Waals surface area contributed by atoms with Gasteiger partial charge in [0.15, 0.2) is 0 Å². The molecule has 1 saturated heterocycles. The van der Waals surface area contributed by atoms with Crippen LogP contribution in [0.25, 0.3) is 22.3 Å². The lowest BCUT2D eigenvalue weighted by Crippen LogP contribution is -2.48. The monoisotopic (exact) mass is 420 g/mol. The molecule has 3 heterocycles. The Morgan fingerprint density at radius 2 is 1.97 bits per heavy atom. The summed E-state index contributed by atoms with van der Waals surface area (Å²) in [6, 6.07) is 14.0. The van der Waals surface area contributed by atoms with Crippen molar-refractivity contribution in [2.24, 2.45) is 11.7 Å². The maximum absolute atomic E-state index is 12.9. The van der Waals surface area contributed by atoms with Crippen molar-refractivity contribution in [1.29, 1.82) is 0 Å². The SMILES string of the molecule is C[C@@H]1CC[C@H](C(N)=O)CN1C(=O)/C=C\c1cn(-c2ccccc2)nc1-c1cccs1. The van der Waals surface area contributed by atoms with Crippen molar-refractivity contribution in [3.63, 3.8) is 0 Å². The zero-order chi connectivity index (χ0) is 21.1. The number of nitrogens with zero attached hydrogens (tertiary/aromatic N) is 3. The average molecular weight is 421 g/mol. The van der Waals surface area contributed by atoms with E-state index in [0.29, 0.717) is 6.54 Å². The molecule has 2 N–H and O–H groups in total. The minimum absolute atomic E-state index is 0.0848. The van der Waals surface area contributed by atoms with E-state index in [0.717, 1.165) is 34.7 Å². The molecule has 0 unspecified atom stereocenters. The average Bonchev–Trinajstić information content (AvgIpc) is 3.42. The Hall–Kier alpha value is -3.19. The van der Waals surface area contributed by atoms with E-state index in [1.807, 2.05) is 71.7 Å². The zero-order valence-corrected chi connectivity index (χ0v) is 17.6. The van der Waals surface area contributed by atoms with Crippen molar-refractivity contribution in [3.8, 4) is 16.3 Å². The number of carbonyl (C=O) groups excluding carboxylic acids is 2. The Morgan fingerprint density at radius 1 is 1.17 bits per heavy atom. The number of rotatable bonds is 5. The lowest BCUT2D eigenvalue weighted by atomic mass is 9.93. The van der Waals surface area contributed by atoms with Gasteiger partial charge in [-0.25, -0.2) is 4.68 Å². The van der Waals surface area contributed by atoms with E-state index in [9.17, 15) is 9.59 Å². The largest absolute Gasteiger partial charge is 0.369 e. The van der Waals surface area contributed by atoms with Gasteiger partial charge in [-0.1, -0.05) is 24.3 Å². The number of hydrogen-bond acceptors (Lipinski definition) is 4. The minimum Gasteiger partial charge on any atom is -0.369 e. The lowest BCUT2D eigenvalue weighted by Gasteiger charge is -2.36. The van der Waals surface area contributed by atoms with Crippen LogP contribution in [0.3, 0.4) is 0 Å². The second-order valence-corrected chi connectivity index (χ2v) is 8.49. The second-order valence-electron chi connectivity index (χ2n) is 7.54. The van der Waals surface area contributed by atoms with Gasteiger partial charge in [-0.3, -0.25) is 9.59 Å². The highest BCUT2D eigenvalue weighted by Crippen LogP contribution is 2.29. The molecule has 1 aromatic carbocycles. The number of hydrogen-bond donors (Lipinski definition) is 1. The van der Waals surface area contributed by atoms with Crippen molar-refractivity contribution in [3.05, 3.63) is 65.7 Å². The first kappa shape index (κ1) is 20.1. The Balaban J connectivity index is 1.61. The van der Waals surface area contributed by atoms with Gasteiger partial charge in [-0.05, 0) is 49.4 Å². The third-order valence-electron chi connectivity index (χ3n) is 5.49. The van der Waals surface area contributed by atoms with Gasteiger partial charge in [-0.15, -0.1) is 11.3 Å². The van der Waals surface area contributed by atoms with E-state index in [2.05, 4.69) is 0 Å². The van der Waals surface area contributed by atoms with Crippen LogP contribution < -0.4 is 5.73 Å². The number of para-hydroxylation sites is 1. The number of aromatic nitrogens is 2. The number of amides is 2. The number of benzene rings is 1. The molecule has 0 saturated carbocycles. The number of carbonyl (C=O) groups is 2. The van der Waals surface area contributed by atoms with E-state index >= 15 is 0 Å². The summed E-state index contributed by atoms with van der Waals surface area (Å²) in [4.78, 5) is 27.2. The molecule has 3 aromatic rings. The van der Waals surface area contributed by atoms with Crippen LogP contribution >= 0.6 is 11.3 Å². The fourth-order valence-electron chi connectivity index (χ4n) is 3.73. The summed E-state index contributed by atoms with van der Waals surface area (Å²) in [6.07, 6.45) is 6.82. The lowest BCUT2D eigenvalue weighted by molar-refractivity contribution is -0.133. The van der Waals surface area contributed by atoms with Crippen LogP contribution in [-0.4, -0.2) is 39.1 Å². The zero-order valence-electron chi connectivity index (χ0n) is 16.8. The first-order valence-electron chi connectivity index (χ1n) is 10.00. The summed E-state index contributed by atoms with van der Waals surface area (Å²) in [7, 11) is 0. The molecule has 6 nitrogen and oxygen atoms in total. The van der Waals surface area contributed by atoms with Gasteiger partial charge in [0.25, 0.3) is 0 Å². The van der Waals surface area contributed by atoms with E-state index in [4.69, 9.17) is 10.8 Å². The molecule has 1 aliphatic rings. The summed E-state index contributed by atoms with van der Waals surface area (Å²) in [5, 5.41) is 6.76. The van der Waals surface area contributed by atoms with Gasteiger partial charge < -0.3 is 10.6 Å². The molecule has 1 fully saturated rings. The molecule has 0 spiro atoms. The van der Waals surface area contributed by atoms with Crippen LogP contribution in [0.15, 0.2) is 60.1 Å². The molecule has 4 rings (SSSR count). The van der Waals surface area contributed by atoms with Gasteiger partial charge in [0, 0.05) is 30.4 Å². The maximum atomic E-state index is 12.9. The standard InChI is InChI=1S/C23H24N4O2S/c1-16-9-10-18(23(24)29)14-26(16)21(28)12-11-17-15-27(19-6-3-2-4-7-19)25-22(17)20-8-5-13-30-20/h2-8,11-13,15-16,18H,9-10,14H2,1H3,(H2,24,29)/b12-11-/t16-,18+/m1/s1. The van der Waals surface area contributed by atoms with E-state index in [1.54, 1.807) is 22.3 Å². The van der Waals surface area contributed by atoms with Gasteiger partial charge in [0.05, 0.1) is 16.5 Å². The van der Waals surface area contributed by atoms with Crippen LogP contribution in [0.4, 0.5) is 0 Å². The molecule has 30 heavy (non-hydrogen) atoms. The third-order valence-corrected chi connectivity index (χ3v) is 6.37. The van der Waals surface area contributed by atoms with E-state index in [1.165, 1.54) is 0 Å². The molecule has 0 bridgehead atoms. The molecule has 2 atom stereocenters. The molecule has 0 aliphatic carbocycles. The number of likely N-dealkylation sites (tertiary alicyclic amines) is 1. The fourth-order valence-corrected chi connectivity index (χ4v) is 4.46. The van der Waals surface area contributed by atoms with Gasteiger partial charge in [-0.2, -0.15) is 5.10 Å². The molecule has 7 heteroatoms. The molecule has 0 radical (unpaired) electrons. The topological polar surface area (TPSA) is 81.2 Å². The Kier molecular flexibility index (Phi) is 5.81. The Bertz CT molecular complexity index is 1060. The molecule has 1 aliphatic heterocycles. The summed E-state index contributed by atoms with van der Waals surface area (Å²) in [5.74, 6) is -0.730. The molecule has 2 amide bonds.